The number of aryl methyl sites for hydroxylation is 1. The van der Waals surface area contributed by atoms with Gasteiger partial charge >= 0.3 is 6.09 Å². The Hall–Kier alpha value is -1.84. The van der Waals surface area contributed by atoms with Crippen molar-refractivity contribution < 1.29 is 9.53 Å². The van der Waals surface area contributed by atoms with Crippen molar-refractivity contribution in [1.82, 2.24) is 10.3 Å². The number of aromatic nitrogens is 1. The molecule has 1 aromatic heterocycles. The van der Waals surface area contributed by atoms with E-state index in [1.54, 1.807) is 6.20 Å². The number of hydrogen-bond acceptors (Lipinski definition) is 3. The molecule has 4 heteroatoms. The summed E-state index contributed by atoms with van der Waals surface area (Å²) in [7, 11) is 0. The van der Waals surface area contributed by atoms with E-state index in [0.29, 0.717) is 6.54 Å². The molecular formula is C15H22N2O2. The lowest BCUT2D eigenvalue weighted by Crippen LogP contribution is -2.32. The molecule has 0 spiro atoms. The minimum atomic E-state index is -0.452. The third-order valence-electron chi connectivity index (χ3n) is 2.32. The molecule has 0 bridgehead atoms. The van der Waals surface area contributed by atoms with Crippen molar-refractivity contribution in [1.29, 1.82) is 0 Å². The lowest BCUT2D eigenvalue weighted by atomic mass is 10.2. The first-order chi connectivity index (χ1) is 8.88. The minimum Gasteiger partial charge on any atom is -0.444 e. The first-order valence-corrected chi connectivity index (χ1v) is 6.43. The number of ether oxygens (including phenoxy) is 1. The quantitative estimate of drug-likeness (QED) is 0.847. The van der Waals surface area contributed by atoms with E-state index in [1.165, 1.54) is 0 Å². The van der Waals surface area contributed by atoms with E-state index >= 15 is 0 Å². The molecule has 0 saturated heterocycles. The van der Waals surface area contributed by atoms with E-state index in [1.807, 2.05) is 52.0 Å². The number of amides is 1. The van der Waals surface area contributed by atoms with Crippen molar-refractivity contribution in [3.05, 3.63) is 35.7 Å². The van der Waals surface area contributed by atoms with E-state index in [-0.39, 0.29) is 6.09 Å². The molecule has 0 aliphatic carbocycles. The van der Waals surface area contributed by atoms with Crippen LogP contribution >= 0.6 is 0 Å². The number of carbonyl (C=O) groups is 1. The van der Waals surface area contributed by atoms with Gasteiger partial charge in [0.05, 0.1) is 0 Å². The molecule has 1 heterocycles. The van der Waals surface area contributed by atoms with Gasteiger partial charge in [-0.2, -0.15) is 0 Å². The Morgan fingerprint density at radius 1 is 1.47 bits per heavy atom. The molecule has 0 aliphatic heterocycles. The summed E-state index contributed by atoms with van der Waals surface area (Å²) >= 11 is 0. The Bertz CT molecular complexity index is 448. The van der Waals surface area contributed by atoms with Gasteiger partial charge in [0.25, 0.3) is 0 Å². The highest BCUT2D eigenvalue weighted by molar-refractivity contribution is 5.67. The van der Waals surface area contributed by atoms with Crippen molar-refractivity contribution in [3.63, 3.8) is 0 Å². The third-order valence-corrected chi connectivity index (χ3v) is 2.32. The molecule has 1 amide bonds. The Kier molecular flexibility index (Phi) is 5.55. The fourth-order valence-electron chi connectivity index (χ4n) is 1.45. The number of nitrogens with zero attached hydrogens (tertiary/aromatic N) is 1. The van der Waals surface area contributed by atoms with Gasteiger partial charge in [-0.05, 0) is 45.7 Å². The van der Waals surface area contributed by atoms with Crippen LogP contribution in [-0.4, -0.2) is 23.2 Å². The first-order valence-electron chi connectivity index (χ1n) is 6.43. The first kappa shape index (κ1) is 15.2. The predicted molar refractivity (Wildman–Crippen MR) is 76.9 cm³/mol. The molecule has 0 fully saturated rings. The van der Waals surface area contributed by atoms with Crippen LogP contribution < -0.4 is 5.32 Å². The number of nitrogens with one attached hydrogen (secondary N) is 1. The Balaban J connectivity index is 2.28. The van der Waals surface area contributed by atoms with Crippen molar-refractivity contribution in [2.45, 2.75) is 39.7 Å². The third kappa shape index (κ3) is 6.60. The molecular weight excluding hydrogens is 240 g/mol. The maximum atomic E-state index is 11.4. The van der Waals surface area contributed by atoms with Crippen LogP contribution in [0.3, 0.4) is 0 Å². The van der Waals surface area contributed by atoms with Crippen LogP contribution in [-0.2, 0) is 4.74 Å². The van der Waals surface area contributed by atoms with Crippen molar-refractivity contribution in [3.8, 4) is 0 Å². The highest BCUT2D eigenvalue weighted by atomic mass is 16.6. The van der Waals surface area contributed by atoms with Crippen molar-refractivity contribution >= 4 is 12.2 Å². The summed E-state index contributed by atoms with van der Waals surface area (Å²) in [6, 6.07) is 3.92. The van der Waals surface area contributed by atoms with E-state index < -0.39 is 5.60 Å². The number of carbonyl (C=O) groups excluding carboxylic acids is 1. The summed E-state index contributed by atoms with van der Waals surface area (Å²) in [4.78, 5) is 15.6. The lowest BCUT2D eigenvalue weighted by molar-refractivity contribution is 0.0529. The van der Waals surface area contributed by atoms with Crippen LogP contribution in [0, 0.1) is 6.92 Å². The zero-order valence-corrected chi connectivity index (χ0v) is 12.1. The highest BCUT2D eigenvalue weighted by Gasteiger charge is 2.15. The average Bonchev–Trinajstić information content (AvgIpc) is 2.28. The van der Waals surface area contributed by atoms with Crippen LogP contribution in [0.4, 0.5) is 4.79 Å². The normalized spacial score (nSPS) is 11.6. The molecule has 0 unspecified atom stereocenters. The molecule has 0 radical (unpaired) electrons. The molecule has 104 valence electrons. The number of rotatable bonds is 4. The Morgan fingerprint density at radius 3 is 2.84 bits per heavy atom. The number of hydrogen-bond donors (Lipinski definition) is 1. The molecule has 1 N–H and O–H groups in total. The van der Waals surface area contributed by atoms with Gasteiger partial charge in [-0.3, -0.25) is 4.98 Å². The summed E-state index contributed by atoms with van der Waals surface area (Å²) in [5.74, 6) is 0. The smallest absolute Gasteiger partial charge is 0.407 e. The van der Waals surface area contributed by atoms with Crippen molar-refractivity contribution in [2.24, 2.45) is 0 Å². The summed E-state index contributed by atoms with van der Waals surface area (Å²) in [6.45, 7) is 8.07. The predicted octanol–water partition coefficient (Wildman–Crippen LogP) is 3.32. The van der Waals surface area contributed by atoms with E-state index in [9.17, 15) is 4.79 Å². The Labute approximate surface area is 114 Å². The van der Waals surface area contributed by atoms with Crippen molar-refractivity contribution in [2.75, 3.05) is 6.54 Å². The van der Waals surface area contributed by atoms with Crippen LogP contribution in [0.2, 0.25) is 0 Å². The zero-order chi connectivity index (χ0) is 14.3. The molecule has 1 aromatic rings. The molecule has 4 nitrogen and oxygen atoms in total. The van der Waals surface area contributed by atoms with E-state index in [0.717, 1.165) is 17.7 Å². The summed E-state index contributed by atoms with van der Waals surface area (Å²) in [6.07, 6.45) is 6.18. The highest BCUT2D eigenvalue weighted by Crippen LogP contribution is 2.07. The summed E-state index contributed by atoms with van der Waals surface area (Å²) in [5.41, 5.74) is 1.64. The van der Waals surface area contributed by atoms with Gasteiger partial charge < -0.3 is 10.1 Å². The summed E-state index contributed by atoms with van der Waals surface area (Å²) in [5, 5.41) is 2.71. The van der Waals surface area contributed by atoms with Gasteiger partial charge in [-0.15, -0.1) is 0 Å². The fraction of sp³-hybridized carbons (Fsp3) is 0.467. The van der Waals surface area contributed by atoms with Crippen LogP contribution in [0.1, 0.15) is 38.4 Å². The lowest BCUT2D eigenvalue weighted by Gasteiger charge is -2.19. The largest absolute Gasteiger partial charge is 0.444 e. The maximum absolute atomic E-state index is 11.4. The summed E-state index contributed by atoms with van der Waals surface area (Å²) < 4.78 is 5.14. The van der Waals surface area contributed by atoms with Gasteiger partial charge in [0.2, 0.25) is 0 Å². The molecule has 0 aromatic carbocycles. The van der Waals surface area contributed by atoms with Crippen LogP contribution in [0.25, 0.3) is 6.08 Å². The Morgan fingerprint density at radius 2 is 2.21 bits per heavy atom. The second-order valence-electron chi connectivity index (χ2n) is 5.30. The maximum Gasteiger partial charge on any atom is 0.407 e. The van der Waals surface area contributed by atoms with E-state index in [4.69, 9.17) is 4.74 Å². The van der Waals surface area contributed by atoms with Crippen LogP contribution in [0.5, 0.6) is 0 Å². The van der Waals surface area contributed by atoms with Gasteiger partial charge in [0.1, 0.15) is 5.60 Å². The topological polar surface area (TPSA) is 51.2 Å². The zero-order valence-electron chi connectivity index (χ0n) is 12.1. The molecule has 1 rings (SSSR count). The molecule has 0 saturated carbocycles. The number of alkyl carbamates (subject to hydrolysis) is 1. The van der Waals surface area contributed by atoms with Gasteiger partial charge in [-0.1, -0.05) is 18.2 Å². The molecule has 0 aliphatic rings. The second-order valence-corrected chi connectivity index (χ2v) is 5.30. The van der Waals surface area contributed by atoms with Gasteiger partial charge in [0, 0.05) is 18.4 Å². The number of pyridine rings is 1. The van der Waals surface area contributed by atoms with Gasteiger partial charge in [0.15, 0.2) is 0 Å². The molecule has 19 heavy (non-hydrogen) atoms. The average molecular weight is 262 g/mol. The monoisotopic (exact) mass is 262 g/mol. The standard InChI is InChI=1S/C15H22N2O2/c1-12-13(9-7-11-16-12)8-5-6-10-17-14(18)19-15(2,3)4/h5,7-9,11H,6,10H2,1-4H3,(H,17,18). The second kappa shape index (κ2) is 6.92. The SMILES string of the molecule is Cc1ncccc1C=CCCNC(=O)OC(C)(C)C. The minimum absolute atomic E-state index is 0.376. The fourth-order valence-corrected chi connectivity index (χ4v) is 1.45. The van der Waals surface area contributed by atoms with E-state index in [2.05, 4.69) is 10.3 Å². The van der Waals surface area contributed by atoms with Crippen LogP contribution in [0.15, 0.2) is 24.4 Å². The molecule has 0 atom stereocenters. The van der Waals surface area contributed by atoms with Gasteiger partial charge in [-0.25, -0.2) is 4.79 Å².